The maximum absolute atomic E-state index is 4.01. The lowest BCUT2D eigenvalue weighted by molar-refractivity contribution is 0.279. The third kappa shape index (κ3) is 2.35. The minimum Gasteiger partial charge on any atom is -0.347 e. The van der Waals surface area contributed by atoms with Crippen LogP contribution in [0.2, 0.25) is 0 Å². The van der Waals surface area contributed by atoms with Crippen LogP contribution in [0.4, 0.5) is 0 Å². The van der Waals surface area contributed by atoms with Gasteiger partial charge in [-0.1, -0.05) is 19.8 Å². The van der Waals surface area contributed by atoms with E-state index in [2.05, 4.69) is 22.2 Å². The first kappa shape index (κ1) is 9.71. The first-order valence-electron chi connectivity index (χ1n) is 5.57. The van der Waals surface area contributed by atoms with Crippen molar-refractivity contribution in [3.63, 3.8) is 0 Å². The molecule has 0 radical (unpaired) electrons. The number of hydrogen-bond donors (Lipinski definition) is 2. The minimum absolute atomic E-state index is 0.701. The van der Waals surface area contributed by atoms with E-state index in [-0.39, 0.29) is 0 Å². The molecule has 1 aromatic heterocycles. The molecular formula is C11H19N3. The lowest BCUT2D eigenvalue weighted by Gasteiger charge is -2.29. The topological polar surface area (TPSA) is 40.7 Å². The summed E-state index contributed by atoms with van der Waals surface area (Å²) in [6.45, 7) is 3.28. The van der Waals surface area contributed by atoms with Crippen molar-refractivity contribution in [3.8, 4) is 0 Å². The van der Waals surface area contributed by atoms with Gasteiger partial charge in [-0.2, -0.15) is 0 Å². The molecule has 0 saturated heterocycles. The van der Waals surface area contributed by atoms with Gasteiger partial charge in [0.15, 0.2) is 0 Å². The molecule has 0 aliphatic heterocycles. The zero-order valence-electron chi connectivity index (χ0n) is 8.79. The van der Waals surface area contributed by atoms with Crippen molar-refractivity contribution in [1.29, 1.82) is 0 Å². The number of aromatic nitrogens is 2. The lowest BCUT2D eigenvalue weighted by Crippen LogP contribution is -2.36. The molecule has 2 N–H and O–H groups in total. The number of nitrogens with one attached hydrogen (secondary N) is 2. The van der Waals surface area contributed by atoms with Crippen molar-refractivity contribution >= 4 is 0 Å². The molecule has 14 heavy (non-hydrogen) atoms. The van der Waals surface area contributed by atoms with Crippen LogP contribution in [0.15, 0.2) is 12.5 Å². The van der Waals surface area contributed by atoms with Gasteiger partial charge in [0, 0.05) is 24.5 Å². The standard InChI is InChI=1S/C11H19N3/c1-9-4-2-3-5-11(9)13-7-10-6-12-8-14-10/h6,8-9,11,13H,2-5,7H2,1H3,(H,12,14). The largest absolute Gasteiger partial charge is 0.347 e. The van der Waals surface area contributed by atoms with E-state index in [1.54, 1.807) is 6.33 Å². The van der Waals surface area contributed by atoms with Crippen LogP contribution in [-0.2, 0) is 6.54 Å². The third-order valence-corrected chi connectivity index (χ3v) is 3.22. The molecule has 1 fully saturated rings. The van der Waals surface area contributed by atoms with Gasteiger partial charge in [-0.15, -0.1) is 0 Å². The van der Waals surface area contributed by atoms with Crippen molar-refractivity contribution in [2.24, 2.45) is 5.92 Å². The van der Waals surface area contributed by atoms with Crippen molar-refractivity contribution in [2.45, 2.75) is 45.2 Å². The summed E-state index contributed by atoms with van der Waals surface area (Å²) in [5.74, 6) is 0.826. The molecule has 1 saturated carbocycles. The summed E-state index contributed by atoms with van der Waals surface area (Å²) in [5, 5.41) is 3.60. The highest BCUT2D eigenvalue weighted by atomic mass is 15.0. The Labute approximate surface area is 85.3 Å². The van der Waals surface area contributed by atoms with Gasteiger partial charge in [0.25, 0.3) is 0 Å². The maximum atomic E-state index is 4.01. The lowest BCUT2D eigenvalue weighted by atomic mass is 9.86. The fraction of sp³-hybridized carbons (Fsp3) is 0.727. The zero-order valence-corrected chi connectivity index (χ0v) is 8.79. The van der Waals surface area contributed by atoms with Gasteiger partial charge in [-0.3, -0.25) is 0 Å². The number of aromatic amines is 1. The maximum Gasteiger partial charge on any atom is 0.0922 e. The molecule has 1 aromatic rings. The highest BCUT2D eigenvalue weighted by Gasteiger charge is 2.20. The predicted octanol–water partition coefficient (Wildman–Crippen LogP) is 2.08. The van der Waals surface area contributed by atoms with E-state index in [1.165, 1.54) is 31.4 Å². The van der Waals surface area contributed by atoms with Crippen LogP contribution in [0, 0.1) is 5.92 Å². The van der Waals surface area contributed by atoms with Crippen molar-refractivity contribution in [3.05, 3.63) is 18.2 Å². The molecular weight excluding hydrogens is 174 g/mol. The quantitative estimate of drug-likeness (QED) is 0.771. The van der Waals surface area contributed by atoms with Crippen LogP contribution in [0.3, 0.4) is 0 Å². The van der Waals surface area contributed by atoms with E-state index in [1.807, 2.05) is 6.20 Å². The van der Waals surface area contributed by atoms with E-state index in [4.69, 9.17) is 0 Å². The fourth-order valence-corrected chi connectivity index (χ4v) is 2.24. The molecule has 0 aromatic carbocycles. The second-order valence-corrected chi connectivity index (χ2v) is 4.33. The Hall–Kier alpha value is -0.830. The summed E-state index contributed by atoms with van der Waals surface area (Å²) in [4.78, 5) is 7.13. The SMILES string of the molecule is CC1CCCCC1NCc1cnc[nH]1. The first-order chi connectivity index (χ1) is 6.86. The van der Waals surface area contributed by atoms with Crippen LogP contribution >= 0.6 is 0 Å². The summed E-state index contributed by atoms with van der Waals surface area (Å²) >= 11 is 0. The number of H-pyrrole nitrogens is 1. The Bertz CT molecular complexity index is 256. The third-order valence-electron chi connectivity index (χ3n) is 3.22. The summed E-state index contributed by atoms with van der Waals surface area (Å²) in [5.41, 5.74) is 1.18. The number of rotatable bonds is 3. The number of hydrogen-bond acceptors (Lipinski definition) is 2. The molecule has 1 heterocycles. The van der Waals surface area contributed by atoms with E-state index in [9.17, 15) is 0 Å². The van der Waals surface area contributed by atoms with Gasteiger partial charge >= 0.3 is 0 Å². The van der Waals surface area contributed by atoms with Crippen molar-refractivity contribution in [2.75, 3.05) is 0 Å². The normalized spacial score (nSPS) is 27.8. The summed E-state index contributed by atoms with van der Waals surface area (Å²) in [6, 6.07) is 0.701. The van der Waals surface area contributed by atoms with Crippen LogP contribution < -0.4 is 5.32 Å². The fourth-order valence-electron chi connectivity index (χ4n) is 2.24. The van der Waals surface area contributed by atoms with Crippen LogP contribution in [0.5, 0.6) is 0 Å². The average Bonchev–Trinajstić information content (AvgIpc) is 2.69. The van der Waals surface area contributed by atoms with Crippen LogP contribution in [0.1, 0.15) is 38.3 Å². The molecule has 0 amide bonds. The van der Waals surface area contributed by atoms with Gasteiger partial charge in [0.05, 0.1) is 6.33 Å². The molecule has 2 atom stereocenters. The molecule has 2 unspecified atom stereocenters. The van der Waals surface area contributed by atoms with Gasteiger partial charge in [-0.05, 0) is 18.8 Å². The molecule has 1 aliphatic rings. The Morgan fingerprint density at radius 2 is 2.36 bits per heavy atom. The van der Waals surface area contributed by atoms with Crippen molar-refractivity contribution < 1.29 is 0 Å². The highest BCUT2D eigenvalue weighted by molar-refractivity contribution is 4.94. The molecule has 2 rings (SSSR count). The molecule has 0 bridgehead atoms. The Morgan fingerprint density at radius 3 is 3.07 bits per heavy atom. The second kappa shape index (κ2) is 4.60. The van der Waals surface area contributed by atoms with E-state index < -0.39 is 0 Å². The predicted molar refractivity (Wildman–Crippen MR) is 56.8 cm³/mol. The smallest absolute Gasteiger partial charge is 0.0922 e. The summed E-state index contributed by atoms with van der Waals surface area (Å²) in [7, 11) is 0. The second-order valence-electron chi connectivity index (χ2n) is 4.33. The van der Waals surface area contributed by atoms with E-state index in [0.29, 0.717) is 6.04 Å². The van der Waals surface area contributed by atoms with Gasteiger partial charge in [-0.25, -0.2) is 4.98 Å². The van der Waals surface area contributed by atoms with E-state index in [0.717, 1.165) is 12.5 Å². The first-order valence-corrected chi connectivity index (χ1v) is 5.57. The zero-order chi connectivity index (χ0) is 9.80. The van der Waals surface area contributed by atoms with Crippen molar-refractivity contribution in [1.82, 2.24) is 15.3 Å². The van der Waals surface area contributed by atoms with Gasteiger partial charge < -0.3 is 10.3 Å². The molecule has 0 spiro atoms. The van der Waals surface area contributed by atoms with Crippen LogP contribution in [-0.4, -0.2) is 16.0 Å². The molecule has 3 nitrogen and oxygen atoms in total. The Morgan fingerprint density at radius 1 is 1.50 bits per heavy atom. The average molecular weight is 193 g/mol. The van der Waals surface area contributed by atoms with Gasteiger partial charge in [0.2, 0.25) is 0 Å². The highest BCUT2D eigenvalue weighted by Crippen LogP contribution is 2.23. The monoisotopic (exact) mass is 193 g/mol. The Balaban J connectivity index is 1.79. The number of nitrogens with zero attached hydrogens (tertiary/aromatic N) is 1. The van der Waals surface area contributed by atoms with Crippen LogP contribution in [0.25, 0.3) is 0 Å². The number of imidazole rings is 1. The summed E-state index contributed by atoms with van der Waals surface area (Å²) < 4.78 is 0. The Kier molecular flexibility index (Phi) is 3.19. The minimum atomic E-state index is 0.701. The molecule has 1 aliphatic carbocycles. The van der Waals surface area contributed by atoms with Gasteiger partial charge in [0.1, 0.15) is 0 Å². The summed E-state index contributed by atoms with van der Waals surface area (Å²) in [6.07, 6.45) is 9.12. The van der Waals surface area contributed by atoms with E-state index >= 15 is 0 Å². The molecule has 78 valence electrons. The molecule has 3 heteroatoms.